The molecule has 0 saturated heterocycles. The molecule has 5 heteroatoms. The van der Waals surface area contributed by atoms with E-state index >= 15 is 0 Å². The maximum atomic E-state index is 10.9. The van der Waals surface area contributed by atoms with Crippen molar-refractivity contribution in [2.75, 3.05) is 6.54 Å². The van der Waals surface area contributed by atoms with Gasteiger partial charge in [-0.25, -0.2) is 0 Å². The van der Waals surface area contributed by atoms with Gasteiger partial charge in [-0.2, -0.15) is 0 Å². The summed E-state index contributed by atoms with van der Waals surface area (Å²) in [6.45, 7) is 9.45. The van der Waals surface area contributed by atoms with E-state index in [1.807, 2.05) is 6.92 Å². The number of nitrogens with zero attached hydrogens (tertiary/aromatic N) is 1. The Labute approximate surface area is 132 Å². The number of nitro groups is 1. The van der Waals surface area contributed by atoms with E-state index in [0.717, 1.165) is 36.9 Å². The summed E-state index contributed by atoms with van der Waals surface area (Å²) in [5.41, 5.74) is 2.00. The predicted molar refractivity (Wildman–Crippen MR) is 88.1 cm³/mol. The number of nitrogens with one attached hydrogen (secondary N) is 1. The van der Waals surface area contributed by atoms with Crippen LogP contribution in [0.1, 0.15) is 44.7 Å². The summed E-state index contributed by atoms with van der Waals surface area (Å²) >= 11 is 6.03. The molecular weight excluding hydrogens is 288 g/mol. The molecule has 1 aromatic rings. The lowest BCUT2D eigenvalue weighted by atomic mass is 9.94. The molecule has 0 aromatic heterocycles. The van der Waals surface area contributed by atoms with Crippen molar-refractivity contribution in [3.8, 4) is 0 Å². The van der Waals surface area contributed by atoms with Gasteiger partial charge in [0.1, 0.15) is 5.02 Å². The summed E-state index contributed by atoms with van der Waals surface area (Å²) < 4.78 is 0. The van der Waals surface area contributed by atoms with Gasteiger partial charge in [-0.05, 0) is 55.8 Å². The van der Waals surface area contributed by atoms with Crippen molar-refractivity contribution in [1.82, 2.24) is 5.32 Å². The van der Waals surface area contributed by atoms with Gasteiger partial charge in [0.15, 0.2) is 0 Å². The molecule has 0 aliphatic carbocycles. The van der Waals surface area contributed by atoms with E-state index < -0.39 is 4.92 Å². The zero-order valence-corrected chi connectivity index (χ0v) is 14.0. The largest absolute Gasteiger partial charge is 0.314 e. The monoisotopic (exact) mass is 312 g/mol. The number of aryl methyl sites for hydroxylation is 1. The van der Waals surface area contributed by atoms with Crippen LogP contribution in [0.15, 0.2) is 12.1 Å². The van der Waals surface area contributed by atoms with Crippen molar-refractivity contribution >= 4 is 17.3 Å². The molecule has 0 radical (unpaired) electrons. The zero-order valence-electron chi connectivity index (χ0n) is 13.3. The summed E-state index contributed by atoms with van der Waals surface area (Å²) in [6, 6.07) is 3.70. The SMILES string of the molecule is CCCNC(Cc1cc(Cl)c([N+](=O)[O-])cc1C)CC(C)C. The standard InChI is InChI=1S/C16H25ClN2O2/c1-5-6-18-14(7-11(2)3)9-13-10-15(17)16(19(20)21)8-12(13)4/h8,10-11,14,18H,5-7,9H2,1-4H3. The first-order valence-electron chi connectivity index (χ1n) is 7.51. The molecule has 0 aliphatic rings. The van der Waals surface area contributed by atoms with Gasteiger partial charge in [0.25, 0.3) is 5.69 Å². The van der Waals surface area contributed by atoms with E-state index in [0.29, 0.717) is 12.0 Å². The Morgan fingerprint density at radius 3 is 2.57 bits per heavy atom. The van der Waals surface area contributed by atoms with E-state index in [1.54, 1.807) is 12.1 Å². The molecule has 0 saturated carbocycles. The van der Waals surface area contributed by atoms with E-state index in [-0.39, 0.29) is 10.7 Å². The minimum absolute atomic E-state index is 0.0140. The highest BCUT2D eigenvalue weighted by Crippen LogP contribution is 2.28. The minimum atomic E-state index is -0.431. The average Bonchev–Trinajstić information content (AvgIpc) is 2.38. The van der Waals surface area contributed by atoms with Crippen molar-refractivity contribution < 1.29 is 4.92 Å². The second-order valence-corrected chi connectivity index (χ2v) is 6.38. The Morgan fingerprint density at radius 1 is 1.38 bits per heavy atom. The highest BCUT2D eigenvalue weighted by molar-refractivity contribution is 6.32. The Kier molecular flexibility index (Phi) is 7.12. The first-order chi connectivity index (χ1) is 9.85. The van der Waals surface area contributed by atoms with Crippen LogP contribution in [0.4, 0.5) is 5.69 Å². The molecule has 1 rings (SSSR count). The third kappa shape index (κ3) is 5.64. The van der Waals surface area contributed by atoms with Crippen LogP contribution in [-0.4, -0.2) is 17.5 Å². The quantitative estimate of drug-likeness (QED) is 0.567. The lowest BCUT2D eigenvalue weighted by Crippen LogP contribution is -2.33. The lowest BCUT2D eigenvalue weighted by Gasteiger charge is -2.21. The van der Waals surface area contributed by atoms with Crippen molar-refractivity contribution in [2.24, 2.45) is 5.92 Å². The third-order valence-corrected chi connectivity index (χ3v) is 3.81. The van der Waals surface area contributed by atoms with Gasteiger partial charge in [-0.1, -0.05) is 32.4 Å². The van der Waals surface area contributed by atoms with Crippen LogP contribution >= 0.6 is 11.6 Å². The molecule has 4 nitrogen and oxygen atoms in total. The number of hydrogen-bond acceptors (Lipinski definition) is 3. The molecule has 1 aromatic carbocycles. The molecule has 1 atom stereocenters. The van der Waals surface area contributed by atoms with Crippen LogP contribution in [0.3, 0.4) is 0 Å². The lowest BCUT2D eigenvalue weighted by molar-refractivity contribution is -0.384. The first-order valence-corrected chi connectivity index (χ1v) is 7.89. The third-order valence-electron chi connectivity index (χ3n) is 3.51. The summed E-state index contributed by atoms with van der Waals surface area (Å²) in [6.07, 6.45) is 3.02. The van der Waals surface area contributed by atoms with Crippen molar-refractivity contribution in [3.05, 3.63) is 38.4 Å². The molecule has 0 heterocycles. The van der Waals surface area contributed by atoms with Crippen LogP contribution in [0.2, 0.25) is 5.02 Å². The fourth-order valence-corrected chi connectivity index (χ4v) is 2.74. The van der Waals surface area contributed by atoms with Crippen molar-refractivity contribution in [2.45, 2.75) is 53.0 Å². The molecular formula is C16H25ClN2O2. The van der Waals surface area contributed by atoms with E-state index in [9.17, 15) is 10.1 Å². The molecule has 21 heavy (non-hydrogen) atoms. The smallest absolute Gasteiger partial charge is 0.288 e. The van der Waals surface area contributed by atoms with E-state index in [1.165, 1.54) is 0 Å². The Hall–Kier alpha value is -1.13. The highest BCUT2D eigenvalue weighted by Gasteiger charge is 2.18. The molecule has 0 aliphatic heterocycles. The Balaban J connectivity index is 2.92. The second kappa shape index (κ2) is 8.35. The molecule has 0 spiro atoms. The molecule has 0 amide bonds. The van der Waals surface area contributed by atoms with Gasteiger partial charge in [-0.15, -0.1) is 0 Å². The Morgan fingerprint density at radius 2 is 2.05 bits per heavy atom. The number of hydrogen-bond donors (Lipinski definition) is 1. The maximum Gasteiger partial charge on any atom is 0.288 e. The maximum absolute atomic E-state index is 10.9. The fraction of sp³-hybridized carbons (Fsp3) is 0.625. The second-order valence-electron chi connectivity index (χ2n) is 5.97. The van der Waals surface area contributed by atoms with Gasteiger partial charge in [0, 0.05) is 12.1 Å². The van der Waals surface area contributed by atoms with Gasteiger partial charge < -0.3 is 5.32 Å². The number of benzene rings is 1. The molecule has 1 N–H and O–H groups in total. The van der Waals surface area contributed by atoms with E-state index in [2.05, 4.69) is 26.1 Å². The van der Waals surface area contributed by atoms with Gasteiger partial charge in [-0.3, -0.25) is 10.1 Å². The van der Waals surface area contributed by atoms with Crippen LogP contribution in [0.5, 0.6) is 0 Å². The normalized spacial score (nSPS) is 12.7. The minimum Gasteiger partial charge on any atom is -0.314 e. The van der Waals surface area contributed by atoms with Crippen molar-refractivity contribution in [1.29, 1.82) is 0 Å². The molecule has 1 unspecified atom stereocenters. The van der Waals surface area contributed by atoms with Crippen molar-refractivity contribution in [3.63, 3.8) is 0 Å². The van der Waals surface area contributed by atoms with Gasteiger partial charge in [0.05, 0.1) is 4.92 Å². The molecule has 0 bridgehead atoms. The number of halogens is 1. The fourth-order valence-electron chi connectivity index (χ4n) is 2.49. The van der Waals surface area contributed by atoms with E-state index in [4.69, 9.17) is 11.6 Å². The Bertz CT molecular complexity index is 489. The van der Waals surface area contributed by atoms with Crippen LogP contribution in [0.25, 0.3) is 0 Å². The van der Waals surface area contributed by atoms with Crippen LogP contribution in [0, 0.1) is 23.0 Å². The number of rotatable bonds is 8. The topological polar surface area (TPSA) is 55.2 Å². The average molecular weight is 313 g/mol. The molecule has 118 valence electrons. The summed E-state index contributed by atoms with van der Waals surface area (Å²) in [5, 5.41) is 14.7. The highest BCUT2D eigenvalue weighted by atomic mass is 35.5. The summed E-state index contributed by atoms with van der Waals surface area (Å²) in [7, 11) is 0. The molecule has 0 fully saturated rings. The van der Waals surface area contributed by atoms with Gasteiger partial charge >= 0.3 is 0 Å². The first kappa shape index (κ1) is 17.9. The zero-order chi connectivity index (χ0) is 16.0. The predicted octanol–water partition coefficient (Wildman–Crippen LogP) is 4.51. The van der Waals surface area contributed by atoms with Crippen LogP contribution < -0.4 is 5.32 Å². The van der Waals surface area contributed by atoms with Gasteiger partial charge in [0.2, 0.25) is 0 Å². The summed E-state index contributed by atoms with van der Waals surface area (Å²) in [4.78, 5) is 10.5. The number of nitro benzene ring substituents is 1. The van der Waals surface area contributed by atoms with Crippen LogP contribution in [-0.2, 0) is 6.42 Å². The summed E-state index contributed by atoms with van der Waals surface area (Å²) in [5.74, 6) is 0.605.